The number of carboxylic acids is 1. The molecule has 3 amide bonds. The Morgan fingerprint density at radius 2 is 0.878 bits per heavy atom. The summed E-state index contributed by atoms with van der Waals surface area (Å²) in [6, 6.07) is -4.50. The second kappa shape index (κ2) is 56.3. The molecule has 5 saturated heterocycles. The zero-order valence-corrected chi connectivity index (χ0v) is 68.5. The Kier molecular flexibility index (Phi) is 50.0. The van der Waals surface area contributed by atoms with E-state index in [2.05, 4.69) is 29.8 Å². The number of carbonyl (C=O) groups excluding carboxylic acids is 3. The number of hydrogen-bond acceptors (Lipinski definition) is 30. The molecular weight excluding hydrogens is 1510 g/mol. The molecule has 10 unspecified atom stereocenters. The Balaban J connectivity index is 1.18. The molecule has 0 saturated carbocycles. The first-order valence-electron chi connectivity index (χ1n) is 43.1. The summed E-state index contributed by atoms with van der Waals surface area (Å²) in [5, 5.41) is 196. The van der Waals surface area contributed by atoms with E-state index in [1.54, 1.807) is 6.08 Å². The van der Waals surface area contributed by atoms with Crippen molar-refractivity contribution in [2.24, 2.45) is 0 Å². The maximum atomic E-state index is 13.6. The number of aliphatic carboxylic acids is 1. The summed E-state index contributed by atoms with van der Waals surface area (Å²) in [6.07, 6.45) is -2.28. The molecule has 0 aliphatic carbocycles. The lowest BCUT2D eigenvalue weighted by atomic mass is 9.88. The minimum atomic E-state index is -2.98. The normalized spacial score (nSPS) is 33.0. The highest BCUT2D eigenvalue weighted by Gasteiger charge is 2.59. The predicted molar refractivity (Wildman–Crippen MR) is 415 cm³/mol. The van der Waals surface area contributed by atoms with Crippen molar-refractivity contribution >= 4 is 23.7 Å². The van der Waals surface area contributed by atoms with Gasteiger partial charge in [-0.1, -0.05) is 231 Å². The molecule has 0 aromatic rings. The van der Waals surface area contributed by atoms with Crippen molar-refractivity contribution in [2.75, 3.05) is 39.6 Å². The summed E-state index contributed by atoms with van der Waals surface area (Å²) >= 11 is 0. The summed E-state index contributed by atoms with van der Waals surface area (Å²) in [6.45, 7) is 0.811. The number of rotatable bonds is 60. The van der Waals surface area contributed by atoms with Crippen LogP contribution in [0.4, 0.5) is 0 Å². The summed E-state index contributed by atoms with van der Waals surface area (Å²) in [4.78, 5) is 51.4. The van der Waals surface area contributed by atoms with Gasteiger partial charge >= 0.3 is 5.97 Å². The van der Waals surface area contributed by atoms with E-state index in [-0.39, 0.29) is 12.3 Å². The lowest BCUT2D eigenvalue weighted by Gasteiger charge is -2.50. The Morgan fingerprint density at radius 1 is 0.461 bits per heavy atom. The second-order valence-electron chi connectivity index (χ2n) is 32.1. The van der Waals surface area contributed by atoms with E-state index in [1.165, 1.54) is 161 Å². The number of ether oxygens (including phenoxy) is 10. The molecule has 5 heterocycles. The van der Waals surface area contributed by atoms with E-state index in [0.29, 0.717) is 12.8 Å². The van der Waals surface area contributed by atoms with Gasteiger partial charge < -0.3 is 150 Å². The largest absolute Gasteiger partial charge is 0.477 e. The van der Waals surface area contributed by atoms with Crippen LogP contribution in [0.3, 0.4) is 0 Å². The molecule has 5 rings (SSSR count). The molecule has 0 spiro atoms. The summed E-state index contributed by atoms with van der Waals surface area (Å²) in [5.41, 5.74) is 0. The van der Waals surface area contributed by atoms with E-state index in [0.717, 1.165) is 65.2 Å². The maximum Gasteiger partial charge on any atom is 0.364 e. The number of hydrogen-bond donors (Lipinski definition) is 20. The van der Waals surface area contributed by atoms with Gasteiger partial charge in [0.05, 0.1) is 63.9 Å². The number of allylic oxidation sites excluding steroid dienone is 1. The lowest BCUT2D eigenvalue weighted by Crippen LogP contribution is -2.70. The number of carboxylic acid groups (broad SMARTS) is 1. The molecule has 5 fully saturated rings. The third-order valence-corrected chi connectivity index (χ3v) is 22.6. The SMILES string of the molecule is CCCCCCCCCCCCC/C=C/[C@@H](O)[C@H](CO[C@@H]1OC(CO)[C@@H](O[C@@H]2OC(CO)[C@H](O)[C@H](O[C@@H]3OC(CO)[C@@H](O[C@@H]4OC(CO[C@]5(C(=O)O)CC(O)[C@@H](NC(C)=O)C([C@H](O)[C@H](O)CO)O5)[C@H](O)[C@H](O)C4O)[C@H](O)C3NC(C)=O)C2O)[C@H](O)C1O)NC(=O)CCCCCCCCCCCCCCCCCCCCCCCCC. The number of nitrogens with one attached hydrogen (secondary N) is 3. The van der Waals surface area contributed by atoms with E-state index >= 15 is 0 Å². The minimum absolute atomic E-state index is 0.177. The lowest BCUT2D eigenvalue weighted by molar-refractivity contribution is -0.383. The Morgan fingerprint density at radius 3 is 1.35 bits per heavy atom. The fraction of sp³-hybridized carbons (Fsp3) is 0.926. The van der Waals surface area contributed by atoms with E-state index in [4.69, 9.17) is 47.4 Å². The third kappa shape index (κ3) is 34.1. The van der Waals surface area contributed by atoms with Gasteiger partial charge in [-0.05, 0) is 19.3 Å². The van der Waals surface area contributed by atoms with Crippen molar-refractivity contribution in [3.8, 4) is 0 Å². The zero-order valence-electron chi connectivity index (χ0n) is 68.5. The van der Waals surface area contributed by atoms with Gasteiger partial charge in [-0.15, -0.1) is 0 Å². The fourth-order valence-corrected chi connectivity index (χ4v) is 15.6. The molecule has 115 heavy (non-hydrogen) atoms. The van der Waals surface area contributed by atoms with Gasteiger partial charge in [0.15, 0.2) is 25.2 Å². The number of amides is 3. The molecule has 0 aromatic carbocycles. The molecule has 34 nitrogen and oxygen atoms in total. The van der Waals surface area contributed by atoms with Crippen molar-refractivity contribution in [3.05, 3.63) is 12.2 Å². The Hall–Kier alpha value is -3.42. The smallest absolute Gasteiger partial charge is 0.364 e. The molecule has 0 radical (unpaired) electrons. The van der Waals surface area contributed by atoms with Crippen LogP contribution in [0.1, 0.15) is 265 Å². The van der Waals surface area contributed by atoms with Crippen LogP contribution in [-0.4, -0.2) is 321 Å². The van der Waals surface area contributed by atoms with Crippen molar-refractivity contribution in [1.82, 2.24) is 16.0 Å². The van der Waals surface area contributed by atoms with Crippen molar-refractivity contribution in [2.45, 2.75) is 436 Å². The van der Waals surface area contributed by atoms with Gasteiger partial charge in [-0.3, -0.25) is 14.4 Å². The second-order valence-corrected chi connectivity index (χ2v) is 32.1. The van der Waals surface area contributed by atoms with E-state index in [9.17, 15) is 106 Å². The third-order valence-electron chi connectivity index (χ3n) is 22.6. The monoisotopic (exact) mass is 1660 g/mol. The zero-order chi connectivity index (χ0) is 84.4. The fourth-order valence-electron chi connectivity index (χ4n) is 15.6. The molecule has 0 bridgehead atoms. The van der Waals surface area contributed by atoms with Gasteiger partial charge in [-0.25, -0.2) is 4.79 Å². The summed E-state index contributed by atoms with van der Waals surface area (Å²) in [5.74, 6) is -6.94. The summed E-state index contributed by atoms with van der Waals surface area (Å²) < 4.78 is 58.7. The van der Waals surface area contributed by atoms with Crippen molar-refractivity contribution in [1.29, 1.82) is 0 Å². The summed E-state index contributed by atoms with van der Waals surface area (Å²) in [7, 11) is 0. The van der Waals surface area contributed by atoms with Crippen LogP contribution in [-0.2, 0) is 66.5 Å². The minimum Gasteiger partial charge on any atom is -0.477 e. The molecular formula is C81H147N3O31. The highest BCUT2D eigenvalue weighted by Crippen LogP contribution is 2.38. The van der Waals surface area contributed by atoms with Gasteiger partial charge in [-0.2, -0.15) is 0 Å². The van der Waals surface area contributed by atoms with Crippen LogP contribution in [0, 0.1) is 0 Å². The highest BCUT2D eigenvalue weighted by molar-refractivity contribution is 5.77. The Bertz CT molecular complexity index is 2650. The Labute approximate surface area is 678 Å². The molecule has 28 atom stereocenters. The maximum absolute atomic E-state index is 13.6. The number of unbranched alkanes of at least 4 members (excludes halogenated alkanes) is 33. The van der Waals surface area contributed by atoms with Crippen LogP contribution in [0.15, 0.2) is 12.2 Å². The number of aliphatic hydroxyl groups excluding tert-OH is 16. The first kappa shape index (κ1) is 102. The van der Waals surface area contributed by atoms with Crippen LogP contribution >= 0.6 is 0 Å². The average molecular weight is 1660 g/mol. The van der Waals surface area contributed by atoms with Gasteiger partial charge in [0, 0.05) is 26.7 Å². The first-order valence-corrected chi connectivity index (χ1v) is 43.1. The van der Waals surface area contributed by atoms with Crippen LogP contribution < -0.4 is 16.0 Å². The number of carbonyl (C=O) groups is 4. The van der Waals surface area contributed by atoms with Crippen LogP contribution in [0.5, 0.6) is 0 Å². The van der Waals surface area contributed by atoms with Crippen LogP contribution in [0.2, 0.25) is 0 Å². The molecule has 5 aliphatic heterocycles. The number of aliphatic hydroxyl groups is 16. The molecule has 5 aliphatic rings. The predicted octanol–water partition coefficient (Wildman–Crippen LogP) is 2.08. The quantitative estimate of drug-likeness (QED) is 0.0306. The molecule has 34 heteroatoms. The molecule has 672 valence electrons. The topological polar surface area (TPSA) is 541 Å². The van der Waals surface area contributed by atoms with Gasteiger partial charge in [0.25, 0.3) is 5.79 Å². The highest BCUT2D eigenvalue weighted by atomic mass is 16.8. The average Bonchev–Trinajstić information content (AvgIpc) is 0.775. The van der Waals surface area contributed by atoms with Crippen LogP contribution in [0.25, 0.3) is 0 Å². The molecule has 0 aromatic heterocycles. The standard InChI is InChI=1S/C81H147N3O31/c1-5-7-9-11-13-15-17-19-20-21-22-23-24-25-26-27-28-30-32-34-36-38-40-42-60(94)84-52(53(91)41-39-37-35-33-31-29-18-16-14-12-10-8-6-2)48-106-77-70(102)68(100)73(58(47-88)110-77)113-79-71(103)75(65(97)56(45-86)108-79)114-76-62(83-51(4)90)66(98)72(57(46-87)109-76)112-78-69(101)67(99)64(96)59(111-78)49-107-81(80(104)105)43-54(92)61(82-50(3)89)74(115-81)63(95)55(93)44-85/h39,41,52-59,61-79,85-88,91-93,95-103H,5-38,40,42-49H2,1-4H3,(H,82,89)(H,83,90)(H,84,94)(H,104,105)/b41-39+/t52-,53+,54?,55+,56?,57?,58?,59?,61+,62?,63+,64-,65-,66+,67-,68+,69?,70?,71?,72+,73+,74?,75-,76-,77+,78-,79-,81+/m0/s1. The van der Waals surface area contributed by atoms with Gasteiger partial charge in [0.1, 0.15) is 116 Å². The first-order chi connectivity index (χ1) is 55.2. The van der Waals surface area contributed by atoms with Gasteiger partial charge in [0.2, 0.25) is 17.7 Å². The molecule has 20 N–H and O–H groups in total. The van der Waals surface area contributed by atoms with Crippen molar-refractivity contribution in [3.63, 3.8) is 0 Å². The van der Waals surface area contributed by atoms with E-state index in [1.807, 2.05) is 6.08 Å². The van der Waals surface area contributed by atoms with Crippen molar-refractivity contribution < 1.29 is 153 Å². The van der Waals surface area contributed by atoms with E-state index < -0.39 is 235 Å².